The van der Waals surface area contributed by atoms with E-state index in [-0.39, 0.29) is 5.75 Å². The summed E-state index contributed by atoms with van der Waals surface area (Å²) in [6.45, 7) is 7.24. The number of phenolic OH excluding ortho intramolecular Hbond substituents is 1. The summed E-state index contributed by atoms with van der Waals surface area (Å²) in [5.41, 5.74) is 2.12. The largest absolute Gasteiger partial charge is 0.504 e. The maximum Gasteiger partial charge on any atom is 0.161 e. The molecule has 0 amide bonds. The Morgan fingerprint density at radius 3 is 2.73 bits per heavy atom. The van der Waals surface area contributed by atoms with Crippen LogP contribution in [0.2, 0.25) is 5.02 Å². The molecule has 1 aliphatic heterocycles. The van der Waals surface area contributed by atoms with Crippen molar-refractivity contribution in [1.29, 1.82) is 0 Å². The van der Waals surface area contributed by atoms with Crippen LogP contribution in [0.15, 0.2) is 47.6 Å². The van der Waals surface area contributed by atoms with E-state index in [2.05, 4.69) is 16.2 Å². The van der Waals surface area contributed by atoms with Crippen LogP contribution in [0.1, 0.15) is 18.1 Å². The highest BCUT2D eigenvalue weighted by atomic mass is 35.5. The molecule has 0 saturated carbocycles. The third-order valence-electron chi connectivity index (χ3n) is 4.50. The van der Waals surface area contributed by atoms with Crippen molar-refractivity contribution < 1.29 is 14.7 Å². The third-order valence-corrected chi connectivity index (χ3v) is 4.87. The Hall–Kier alpha value is -2.24. The first-order valence-electron chi connectivity index (χ1n) is 8.97. The van der Waals surface area contributed by atoms with Crippen LogP contribution in [0.25, 0.3) is 0 Å². The van der Waals surface area contributed by atoms with Crippen LogP contribution in [0.3, 0.4) is 0 Å². The second-order valence-electron chi connectivity index (χ2n) is 6.38. The number of rotatable bonds is 6. The lowest BCUT2D eigenvalue weighted by molar-refractivity contribution is -0.918. The fourth-order valence-corrected chi connectivity index (χ4v) is 3.25. The number of nitrogens with zero attached hydrogens (tertiary/aromatic N) is 2. The Balaban J connectivity index is 1.53. The van der Waals surface area contributed by atoms with E-state index in [1.165, 1.54) is 10.5 Å². The molecule has 0 spiro atoms. The minimum Gasteiger partial charge on any atom is -0.504 e. The number of quaternary nitrogens is 1. The normalized spacial score (nSPS) is 15.5. The van der Waals surface area contributed by atoms with Gasteiger partial charge in [0, 0.05) is 10.6 Å². The van der Waals surface area contributed by atoms with Gasteiger partial charge in [-0.2, -0.15) is 5.10 Å². The molecule has 2 aromatic carbocycles. The zero-order chi connectivity index (χ0) is 18.4. The number of hydrogen-bond acceptors (Lipinski definition) is 4. The predicted octanol–water partition coefficient (Wildman–Crippen LogP) is 2.18. The molecule has 0 aliphatic carbocycles. The molecule has 0 radical (unpaired) electrons. The standard InChI is InChI=1S/C20H24ClN3O2/c1-2-26-20-13-16(7-8-19(20)25)14-22-24-11-9-23(10-12-24)15-17-5-3-4-6-18(17)21/h3-8,13-14,25H,2,9-12,15H2,1H3/p+1. The summed E-state index contributed by atoms with van der Waals surface area (Å²) in [6, 6.07) is 13.3. The number of hydrogen-bond donors (Lipinski definition) is 2. The number of aromatic hydroxyl groups is 1. The van der Waals surface area contributed by atoms with Crippen molar-refractivity contribution in [2.75, 3.05) is 32.8 Å². The highest BCUT2D eigenvalue weighted by Crippen LogP contribution is 2.26. The Morgan fingerprint density at radius 2 is 2.00 bits per heavy atom. The minimum atomic E-state index is 0.154. The van der Waals surface area contributed by atoms with E-state index < -0.39 is 0 Å². The van der Waals surface area contributed by atoms with Crippen molar-refractivity contribution in [1.82, 2.24) is 5.01 Å². The van der Waals surface area contributed by atoms with Crippen LogP contribution in [0.4, 0.5) is 0 Å². The predicted molar refractivity (Wildman–Crippen MR) is 104 cm³/mol. The molecule has 1 aliphatic rings. The van der Waals surface area contributed by atoms with Gasteiger partial charge in [-0.05, 0) is 36.8 Å². The summed E-state index contributed by atoms with van der Waals surface area (Å²) >= 11 is 6.26. The van der Waals surface area contributed by atoms with Crippen molar-refractivity contribution in [3.63, 3.8) is 0 Å². The zero-order valence-electron chi connectivity index (χ0n) is 15.0. The van der Waals surface area contributed by atoms with Gasteiger partial charge in [0.05, 0.1) is 39.0 Å². The molecule has 26 heavy (non-hydrogen) atoms. The molecule has 6 heteroatoms. The quantitative estimate of drug-likeness (QED) is 0.762. The topological polar surface area (TPSA) is 49.5 Å². The second kappa shape index (κ2) is 8.92. The number of hydrazone groups is 1. The van der Waals surface area contributed by atoms with Crippen LogP contribution in [0.5, 0.6) is 11.5 Å². The molecule has 0 atom stereocenters. The maximum atomic E-state index is 9.76. The summed E-state index contributed by atoms with van der Waals surface area (Å²) in [6.07, 6.45) is 1.82. The molecule has 0 bridgehead atoms. The van der Waals surface area contributed by atoms with Crippen molar-refractivity contribution in [3.05, 3.63) is 58.6 Å². The van der Waals surface area contributed by atoms with E-state index in [4.69, 9.17) is 16.3 Å². The SMILES string of the molecule is CCOc1cc(C=NN2CC[NH+](Cc3ccccc3Cl)CC2)ccc1O. The lowest BCUT2D eigenvalue weighted by Gasteiger charge is -2.30. The van der Waals surface area contributed by atoms with Crippen LogP contribution in [-0.4, -0.2) is 49.1 Å². The second-order valence-corrected chi connectivity index (χ2v) is 6.78. The van der Waals surface area contributed by atoms with E-state index >= 15 is 0 Å². The van der Waals surface area contributed by atoms with Crippen LogP contribution < -0.4 is 9.64 Å². The summed E-state index contributed by atoms with van der Waals surface area (Å²) < 4.78 is 5.41. The smallest absolute Gasteiger partial charge is 0.161 e. The first-order chi connectivity index (χ1) is 12.7. The summed E-state index contributed by atoms with van der Waals surface area (Å²) in [5, 5.41) is 17.3. The average Bonchev–Trinajstić information content (AvgIpc) is 2.65. The third kappa shape index (κ3) is 4.90. The molecule has 3 rings (SSSR count). The minimum absolute atomic E-state index is 0.154. The van der Waals surface area contributed by atoms with Crippen molar-refractivity contribution in [2.24, 2.45) is 5.10 Å². The highest BCUT2D eigenvalue weighted by molar-refractivity contribution is 6.31. The zero-order valence-corrected chi connectivity index (χ0v) is 15.7. The van der Waals surface area contributed by atoms with E-state index in [0.29, 0.717) is 12.4 Å². The summed E-state index contributed by atoms with van der Waals surface area (Å²) in [4.78, 5) is 1.52. The lowest BCUT2D eigenvalue weighted by atomic mass is 10.2. The fraction of sp³-hybridized carbons (Fsp3) is 0.350. The van der Waals surface area contributed by atoms with E-state index in [1.54, 1.807) is 12.1 Å². The van der Waals surface area contributed by atoms with Crippen LogP contribution in [-0.2, 0) is 6.54 Å². The fourth-order valence-electron chi connectivity index (χ4n) is 3.04. The van der Waals surface area contributed by atoms with Gasteiger partial charge in [0.1, 0.15) is 6.54 Å². The van der Waals surface area contributed by atoms with Crippen molar-refractivity contribution in [3.8, 4) is 11.5 Å². The molecule has 1 fully saturated rings. The highest BCUT2D eigenvalue weighted by Gasteiger charge is 2.19. The molecule has 2 aromatic rings. The Kier molecular flexibility index (Phi) is 6.36. The van der Waals surface area contributed by atoms with Crippen LogP contribution in [0, 0.1) is 0 Å². The lowest BCUT2D eigenvalue weighted by Crippen LogP contribution is -3.13. The van der Waals surface area contributed by atoms with E-state index in [0.717, 1.165) is 43.3 Å². The van der Waals surface area contributed by atoms with E-state index in [1.807, 2.05) is 37.4 Å². The van der Waals surface area contributed by atoms with Gasteiger partial charge in [0.15, 0.2) is 11.5 Å². The average molecular weight is 375 g/mol. The molecular formula is C20H25ClN3O2+. The first-order valence-corrected chi connectivity index (χ1v) is 9.35. The van der Waals surface area contributed by atoms with Gasteiger partial charge in [-0.25, -0.2) is 0 Å². The maximum absolute atomic E-state index is 9.76. The Labute approximate surface area is 159 Å². The first kappa shape index (κ1) is 18.5. The molecule has 0 unspecified atom stereocenters. The van der Waals surface area contributed by atoms with Gasteiger partial charge in [0.25, 0.3) is 0 Å². The number of ether oxygens (including phenoxy) is 1. The molecule has 1 heterocycles. The molecule has 5 nitrogen and oxygen atoms in total. The van der Waals surface area contributed by atoms with Gasteiger partial charge < -0.3 is 14.7 Å². The number of benzene rings is 2. The van der Waals surface area contributed by atoms with Gasteiger partial charge in [-0.3, -0.25) is 5.01 Å². The Bertz CT molecular complexity index is 758. The molecule has 2 N–H and O–H groups in total. The number of piperazine rings is 1. The Morgan fingerprint density at radius 1 is 1.23 bits per heavy atom. The van der Waals surface area contributed by atoms with Gasteiger partial charge in [-0.1, -0.05) is 29.8 Å². The van der Waals surface area contributed by atoms with Gasteiger partial charge >= 0.3 is 0 Å². The van der Waals surface area contributed by atoms with Crippen molar-refractivity contribution >= 4 is 17.8 Å². The number of nitrogens with one attached hydrogen (secondary N) is 1. The molecular weight excluding hydrogens is 350 g/mol. The molecule has 1 saturated heterocycles. The summed E-state index contributed by atoms with van der Waals surface area (Å²) in [5.74, 6) is 0.645. The number of halogens is 1. The summed E-state index contributed by atoms with van der Waals surface area (Å²) in [7, 11) is 0. The number of phenols is 1. The van der Waals surface area contributed by atoms with Gasteiger partial charge in [-0.15, -0.1) is 0 Å². The molecule has 138 valence electrons. The van der Waals surface area contributed by atoms with Crippen LogP contribution >= 0.6 is 11.6 Å². The van der Waals surface area contributed by atoms with Crippen molar-refractivity contribution in [2.45, 2.75) is 13.5 Å². The van der Waals surface area contributed by atoms with Gasteiger partial charge in [0.2, 0.25) is 0 Å². The molecule has 0 aromatic heterocycles. The van der Waals surface area contributed by atoms with E-state index in [9.17, 15) is 5.11 Å². The monoisotopic (exact) mass is 374 g/mol.